The Morgan fingerprint density at radius 3 is 2.94 bits per heavy atom. The SMILES string of the molecule is Nc1ccc2c(ccn2[C@H]2CC(O)[C@@H](CO)O2)c1. The highest BCUT2D eigenvalue weighted by Gasteiger charge is 2.34. The van der Waals surface area contributed by atoms with Crippen LogP contribution in [0.25, 0.3) is 10.9 Å². The fraction of sp³-hybridized carbons (Fsp3) is 0.385. The number of aromatic nitrogens is 1. The van der Waals surface area contributed by atoms with E-state index in [1.165, 1.54) is 0 Å². The van der Waals surface area contributed by atoms with Crippen molar-refractivity contribution in [1.82, 2.24) is 4.57 Å². The number of nitrogens with zero attached hydrogens (tertiary/aromatic N) is 1. The topological polar surface area (TPSA) is 80.6 Å². The Kier molecular flexibility index (Phi) is 2.74. The van der Waals surface area contributed by atoms with Crippen LogP contribution in [0.5, 0.6) is 0 Å². The monoisotopic (exact) mass is 248 g/mol. The normalized spacial score (nSPS) is 28.0. The maximum Gasteiger partial charge on any atom is 0.137 e. The highest BCUT2D eigenvalue weighted by atomic mass is 16.5. The Morgan fingerprint density at radius 1 is 1.39 bits per heavy atom. The van der Waals surface area contributed by atoms with Crippen LogP contribution in [0.4, 0.5) is 5.69 Å². The summed E-state index contributed by atoms with van der Waals surface area (Å²) >= 11 is 0. The smallest absolute Gasteiger partial charge is 0.137 e. The van der Waals surface area contributed by atoms with E-state index in [-0.39, 0.29) is 12.8 Å². The molecule has 4 N–H and O–H groups in total. The van der Waals surface area contributed by atoms with E-state index in [4.69, 9.17) is 15.6 Å². The van der Waals surface area contributed by atoms with Crippen LogP contribution < -0.4 is 5.73 Å². The second-order valence-electron chi connectivity index (χ2n) is 4.66. The van der Waals surface area contributed by atoms with E-state index in [0.717, 1.165) is 16.6 Å². The van der Waals surface area contributed by atoms with Crippen LogP contribution >= 0.6 is 0 Å². The standard InChI is InChI=1S/C13H16N2O3/c14-9-1-2-10-8(5-9)3-4-15(10)13-6-11(17)12(7-16)18-13/h1-5,11-13,16-17H,6-7,14H2/t11?,12-,13-/m1/s1. The van der Waals surface area contributed by atoms with Gasteiger partial charge in [-0.1, -0.05) is 0 Å². The van der Waals surface area contributed by atoms with Gasteiger partial charge in [0.2, 0.25) is 0 Å². The highest BCUT2D eigenvalue weighted by Crippen LogP contribution is 2.32. The van der Waals surface area contributed by atoms with E-state index in [2.05, 4.69) is 0 Å². The summed E-state index contributed by atoms with van der Waals surface area (Å²) < 4.78 is 7.60. The van der Waals surface area contributed by atoms with Gasteiger partial charge in [-0.05, 0) is 24.3 Å². The predicted octanol–water partition coefficient (Wildman–Crippen LogP) is 0.864. The van der Waals surface area contributed by atoms with Crippen molar-refractivity contribution in [3.8, 4) is 0 Å². The third-order valence-corrected chi connectivity index (χ3v) is 3.44. The number of benzene rings is 1. The summed E-state index contributed by atoms with van der Waals surface area (Å²) in [4.78, 5) is 0. The van der Waals surface area contributed by atoms with E-state index in [1.54, 1.807) is 0 Å². The summed E-state index contributed by atoms with van der Waals surface area (Å²) in [5, 5.41) is 19.9. The Balaban J connectivity index is 1.96. The van der Waals surface area contributed by atoms with Crippen molar-refractivity contribution in [3.05, 3.63) is 30.5 Å². The molecule has 1 aliphatic rings. The number of aliphatic hydroxyl groups excluding tert-OH is 2. The summed E-state index contributed by atoms with van der Waals surface area (Å²) in [5.74, 6) is 0. The van der Waals surface area contributed by atoms with Gasteiger partial charge in [-0.2, -0.15) is 0 Å². The van der Waals surface area contributed by atoms with E-state index in [9.17, 15) is 5.11 Å². The number of hydrogen-bond acceptors (Lipinski definition) is 4. The third kappa shape index (κ3) is 1.77. The molecular formula is C13H16N2O3. The Bertz CT molecular complexity index is 566. The highest BCUT2D eigenvalue weighted by molar-refractivity contribution is 5.83. The average molecular weight is 248 g/mol. The van der Waals surface area contributed by atoms with E-state index < -0.39 is 12.2 Å². The summed E-state index contributed by atoms with van der Waals surface area (Å²) in [6.07, 6.45) is 1.05. The van der Waals surface area contributed by atoms with Crippen molar-refractivity contribution >= 4 is 16.6 Å². The zero-order valence-corrected chi connectivity index (χ0v) is 9.86. The van der Waals surface area contributed by atoms with Gasteiger partial charge >= 0.3 is 0 Å². The van der Waals surface area contributed by atoms with Gasteiger partial charge in [-0.15, -0.1) is 0 Å². The molecule has 3 atom stereocenters. The molecule has 18 heavy (non-hydrogen) atoms. The molecule has 2 aromatic rings. The molecule has 0 bridgehead atoms. The minimum atomic E-state index is -0.619. The van der Waals surface area contributed by atoms with Gasteiger partial charge in [0.05, 0.1) is 18.2 Å². The minimum Gasteiger partial charge on any atom is -0.399 e. The number of nitrogens with two attached hydrogens (primary N) is 1. The van der Waals surface area contributed by atoms with Crippen LogP contribution in [-0.4, -0.2) is 33.6 Å². The molecule has 0 aliphatic carbocycles. The van der Waals surface area contributed by atoms with Crippen LogP contribution in [0, 0.1) is 0 Å². The second kappa shape index (κ2) is 4.28. The zero-order valence-electron chi connectivity index (χ0n) is 9.86. The number of anilines is 1. The molecule has 1 fully saturated rings. The van der Waals surface area contributed by atoms with Gasteiger partial charge in [0, 0.05) is 23.7 Å². The molecule has 0 saturated carbocycles. The van der Waals surface area contributed by atoms with Gasteiger partial charge in [-0.3, -0.25) is 0 Å². The molecule has 1 aromatic heterocycles. The maximum atomic E-state index is 9.76. The van der Waals surface area contributed by atoms with Crippen LogP contribution in [0.2, 0.25) is 0 Å². The first-order valence-corrected chi connectivity index (χ1v) is 5.99. The van der Waals surface area contributed by atoms with Gasteiger partial charge in [0.15, 0.2) is 0 Å². The molecule has 0 spiro atoms. The number of aliphatic hydroxyl groups is 2. The van der Waals surface area contributed by atoms with Gasteiger partial charge in [0.25, 0.3) is 0 Å². The molecule has 3 rings (SSSR count). The third-order valence-electron chi connectivity index (χ3n) is 3.44. The van der Waals surface area contributed by atoms with E-state index >= 15 is 0 Å². The van der Waals surface area contributed by atoms with E-state index in [0.29, 0.717) is 6.42 Å². The fourth-order valence-electron chi connectivity index (χ4n) is 2.48. The number of fused-ring (bicyclic) bond motifs is 1. The second-order valence-corrected chi connectivity index (χ2v) is 4.66. The molecule has 0 amide bonds. The van der Waals surface area contributed by atoms with Gasteiger partial charge in [-0.25, -0.2) is 0 Å². The summed E-state index contributed by atoms with van der Waals surface area (Å²) in [5.41, 5.74) is 7.48. The van der Waals surface area contributed by atoms with Crippen molar-refractivity contribution in [2.75, 3.05) is 12.3 Å². The Labute approximate surface area is 104 Å². The summed E-state index contributed by atoms with van der Waals surface area (Å²) in [7, 11) is 0. The molecule has 96 valence electrons. The largest absolute Gasteiger partial charge is 0.399 e. The number of hydrogen-bond donors (Lipinski definition) is 3. The predicted molar refractivity (Wildman–Crippen MR) is 68.0 cm³/mol. The molecule has 5 heteroatoms. The zero-order chi connectivity index (χ0) is 12.7. The van der Waals surface area contributed by atoms with Crippen molar-refractivity contribution < 1.29 is 14.9 Å². The summed E-state index contributed by atoms with van der Waals surface area (Å²) in [6, 6.07) is 7.65. The first-order valence-electron chi connectivity index (χ1n) is 5.99. The molecule has 1 aliphatic heterocycles. The van der Waals surface area contributed by atoms with Crippen LogP contribution in [0.3, 0.4) is 0 Å². The molecule has 1 aromatic carbocycles. The average Bonchev–Trinajstić information content (AvgIpc) is 2.91. The lowest BCUT2D eigenvalue weighted by Gasteiger charge is -2.15. The number of rotatable bonds is 2. The lowest BCUT2D eigenvalue weighted by molar-refractivity contribution is -0.0428. The molecule has 0 radical (unpaired) electrons. The van der Waals surface area contributed by atoms with Crippen molar-refractivity contribution in [3.63, 3.8) is 0 Å². The fourth-order valence-corrected chi connectivity index (χ4v) is 2.48. The molecule has 1 unspecified atom stereocenters. The first-order chi connectivity index (χ1) is 8.69. The lowest BCUT2D eigenvalue weighted by atomic mass is 10.2. The van der Waals surface area contributed by atoms with Crippen molar-refractivity contribution in [2.24, 2.45) is 0 Å². The quantitative estimate of drug-likeness (QED) is 0.689. The van der Waals surface area contributed by atoms with Crippen LogP contribution in [0.1, 0.15) is 12.6 Å². The van der Waals surface area contributed by atoms with Crippen molar-refractivity contribution in [1.29, 1.82) is 0 Å². The van der Waals surface area contributed by atoms with Gasteiger partial charge < -0.3 is 25.3 Å². The van der Waals surface area contributed by atoms with Crippen molar-refractivity contribution in [2.45, 2.75) is 24.9 Å². The summed E-state index contributed by atoms with van der Waals surface area (Å²) in [6.45, 7) is -0.163. The Morgan fingerprint density at radius 2 is 2.22 bits per heavy atom. The molecule has 2 heterocycles. The first kappa shape index (κ1) is 11.5. The van der Waals surface area contributed by atoms with Gasteiger partial charge in [0.1, 0.15) is 12.3 Å². The molecular weight excluding hydrogens is 232 g/mol. The van der Waals surface area contributed by atoms with Crippen LogP contribution in [0.15, 0.2) is 30.5 Å². The molecule has 1 saturated heterocycles. The Hall–Kier alpha value is -1.56. The van der Waals surface area contributed by atoms with E-state index in [1.807, 2.05) is 35.0 Å². The maximum absolute atomic E-state index is 9.76. The minimum absolute atomic E-state index is 0.163. The lowest BCUT2D eigenvalue weighted by Crippen LogP contribution is -2.24. The molecule has 5 nitrogen and oxygen atoms in total. The van der Waals surface area contributed by atoms with Crippen LogP contribution in [-0.2, 0) is 4.74 Å². The number of nitrogen functional groups attached to an aromatic ring is 1. The number of ether oxygens (including phenoxy) is 1.